The van der Waals surface area contributed by atoms with Crippen molar-refractivity contribution >= 4 is 26.7 Å². The molecule has 0 aromatic heterocycles. The van der Waals surface area contributed by atoms with E-state index >= 15 is 0 Å². The van der Waals surface area contributed by atoms with Crippen LogP contribution in [0.25, 0.3) is 21.9 Å². The van der Waals surface area contributed by atoms with Crippen molar-refractivity contribution in [2.45, 2.75) is 6.61 Å². The molecule has 0 aliphatic carbocycles. The van der Waals surface area contributed by atoms with Crippen LogP contribution >= 0.6 is 15.9 Å². The summed E-state index contributed by atoms with van der Waals surface area (Å²) in [4.78, 5) is 0. The van der Waals surface area contributed by atoms with E-state index in [0.717, 1.165) is 20.8 Å². The molecule has 4 rings (SSSR count). The molecule has 134 valence electrons. The molecule has 0 aliphatic heterocycles. The number of halogens is 3. The van der Waals surface area contributed by atoms with Crippen molar-refractivity contribution in [3.05, 3.63) is 101 Å². The number of hydrogen-bond donors (Lipinski definition) is 0. The van der Waals surface area contributed by atoms with Crippen LogP contribution in [-0.4, -0.2) is 0 Å². The lowest BCUT2D eigenvalue weighted by atomic mass is 10.0. The lowest BCUT2D eigenvalue weighted by Gasteiger charge is -2.11. The predicted octanol–water partition coefficient (Wildman–Crippen LogP) is 7.13. The molecule has 0 saturated heterocycles. The molecular weight excluding hydrogens is 410 g/mol. The largest absolute Gasteiger partial charge is 0.486 e. The van der Waals surface area contributed by atoms with E-state index in [-0.39, 0.29) is 17.9 Å². The Morgan fingerprint density at radius 2 is 1.48 bits per heavy atom. The van der Waals surface area contributed by atoms with Crippen LogP contribution in [0.15, 0.2) is 83.3 Å². The Kier molecular flexibility index (Phi) is 4.90. The van der Waals surface area contributed by atoms with Crippen LogP contribution in [0.1, 0.15) is 5.56 Å². The van der Waals surface area contributed by atoms with Crippen LogP contribution < -0.4 is 4.74 Å². The molecule has 0 unspecified atom stereocenters. The summed E-state index contributed by atoms with van der Waals surface area (Å²) in [5, 5.41) is 1.98. The standard InChI is InChI=1S/C23H15BrF2O/c24-19-9-8-16-12-18(7-6-17(16)13-19)20-10-11-21(23(26)22(20)25)27-14-15-4-2-1-3-5-15/h1-13H,14H2. The molecule has 4 aromatic carbocycles. The minimum atomic E-state index is -0.973. The average Bonchev–Trinajstić information content (AvgIpc) is 2.69. The molecule has 27 heavy (non-hydrogen) atoms. The van der Waals surface area contributed by atoms with Crippen molar-refractivity contribution < 1.29 is 13.5 Å². The monoisotopic (exact) mass is 424 g/mol. The molecule has 4 heteroatoms. The summed E-state index contributed by atoms with van der Waals surface area (Å²) in [5.41, 5.74) is 1.72. The molecular formula is C23H15BrF2O. The van der Waals surface area contributed by atoms with Crippen molar-refractivity contribution in [1.29, 1.82) is 0 Å². The fourth-order valence-electron chi connectivity index (χ4n) is 2.99. The van der Waals surface area contributed by atoms with E-state index in [9.17, 15) is 8.78 Å². The Morgan fingerprint density at radius 1 is 0.741 bits per heavy atom. The smallest absolute Gasteiger partial charge is 0.201 e. The fourth-order valence-corrected chi connectivity index (χ4v) is 3.36. The predicted molar refractivity (Wildman–Crippen MR) is 108 cm³/mol. The summed E-state index contributed by atoms with van der Waals surface area (Å²) < 4.78 is 35.6. The van der Waals surface area contributed by atoms with Gasteiger partial charge in [0.15, 0.2) is 11.6 Å². The third-order valence-electron chi connectivity index (χ3n) is 4.40. The van der Waals surface area contributed by atoms with Crippen LogP contribution in [0.5, 0.6) is 5.75 Å². The van der Waals surface area contributed by atoms with Gasteiger partial charge in [0.05, 0.1) is 0 Å². The highest BCUT2D eigenvalue weighted by Crippen LogP contribution is 2.32. The number of benzene rings is 4. The van der Waals surface area contributed by atoms with Gasteiger partial charge in [-0.05, 0) is 52.2 Å². The number of fused-ring (bicyclic) bond motifs is 1. The molecule has 0 spiro atoms. The molecule has 0 atom stereocenters. The molecule has 0 bridgehead atoms. The fraction of sp³-hybridized carbons (Fsp3) is 0.0435. The Hall–Kier alpha value is -2.72. The van der Waals surface area contributed by atoms with E-state index in [1.165, 1.54) is 6.07 Å². The van der Waals surface area contributed by atoms with Crippen molar-refractivity contribution in [2.75, 3.05) is 0 Å². The molecule has 4 aromatic rings. The zero-order valence-corrected chi connectivity index (χ0v) is 15.8. The van der Waals surface area contributed by atoms with Gasteiger partial charge in [-0.1, -0.05) is 64.5 Å². The second-order valence-electron chi connectivity index (χ2n) is 6.22. The lowest BCUT2D eigenvalue weighted by molar-refractivity contribution is 0.285. The molecule has 0 N–H and O–H groups in total. The van der Waals surface area contributed by atoms with E-state index in [1.807, 2.05) is 60.7 Å². The number of rotatable bonds is 4. The van der Waals surface area contributed by atoms with Crippen LogP contribution in [0.4, 0.5) is 8.78 Å². The Bertz CT molecular complexity index is 1110. The van der Waals surface area contributed by atoms with Gasteiger partial charge in [-0.2, -0.15) is 4.39 Å². The first-order valence-electron chi connectivity index (χ1n) is 8.46. The first kappa shape index (κ1) is 17.7. The average molecular weight is 425 g/mol. The topological polar surface area (TPSA) is 9.23 Å². The Morgan fingerprint density at radius 3 is 2.30 bits per heavy atom. The van der Waals surface area contributed by atoms with E-state index < -0.39 is 11.6 Å². The van der Waals surface area contributed by atoms with Gasteiger partial charge in [0.1, 0.15) is 6.61 Å². The first-order chi connectivity index (χ1) is 13.1. The van der Waals surface area contributed by atoms with Crippen molar-refractivity contribution in [1.82, 2.24) is 0 Å². The maximum absolute atomic E-state index is 14.7. The lowest BCUT2D eigenvalue weighted by Crippen LogP contribution is -2.00. The van der Waals surface area contributed by atoms with Gasteiger partial charge < -0.3 is 4.74 Å². The molecule has 0 aliphatic rings. The maximum atomic E-state index is 14.7. The first-order valence-corrected chi connectivity index (χ1v) is 9.25. The van der Waals surface area contributed by atoms with E-state index in [4.69, 9.17) is 4.74 Å². The summed E-state index contributed by atoms with van der Waals surface area (Å²) in [6.07, 6.45) is 0. The van der Waals surface area contributed by atoms with Gasteiger partial charge in [-0.25, -0.2) is 4.39 Å². The minimum Gasteiger partial charge on any atom is -0.486 e. The second-order valence-corrected chi connectivity index (χ2v) is 7.14. The van der Waals surface area contributed by atoms with Crippen LogP contribution in [0.2, 0.25) is 0 Å². The third-order valence-corrected chi connectivity index (χ3v) is 4.89. The zero-order valence-electron chi connectivity index (χ0n) is 14.3. The number of hydrogen-bond acceptors (Lipinski definition) is 1. The van der Waals surface area contributed by atoms with Gasteiger partial charge in [0, 0.05) is 10.0 Å². The second kappa shape index (κ2) is 7.49. The van der Waals surface area contributed by atoms with Crippen LogP contribution in [0, 0.1) is 11.6 Å². The van der Waals surface area contributed by atoms with Crippen molar-refractivity contribution in [3.8, 4) is 16.9 Å². The van der Waals surface area contributed by atoms with Gasteiger partial charge in [-0.15, -0.1) is 0 Å². The summed E-state index contributed by atoms with van der Waals surface area (Å²) in [6, 6.07) is 23.8. The molecule has 0 radical (unpaired) electrons. The highest BCUT2D eigenvalue weighted by Gasteiger charge is 2.16. The summed E-state index contributed by atoms with van der Waals surface area (Å²) in [7, 11) is 0. The molecule has 0 fully saturated rings. The zero-order chi connectivity index (χ0) is 18.8. The normalized spacial score (nSPS) is 10.9. The van der Waals surface area contributed by atoms with Crippen LogP contribution in [0.3, 0.4) is 0 Å². The van der Waals surface area contributed by atoms with Gasteiger partial charge in [-0.3, -0.25) is 0 Å². The summed E-state index contributed by atoms with van der Waals surface area (Å²) >= 11 is 3.43. The SMILES string of the molecule is Fc1c(OCc2ccccc2)ccc(-c2ccc3cc(Br)ccc3c2)c1F. The van der Waals surface area contributed by atoms with Crippen molar-refractivity contribution in [2.24, 2.45) is 0 Å². The van der Waals surface area contributed by atoms with E-state index in [2.05, 4.69) is 15.9 Å². The molecule has 0 saturated carbocycles. The van der Waals surface area contributed by atoms with Gasteiger partial charge >= 0.3 is 0 Å². The highest BCUT2D eigenvalue weighted by atomic mass is 79.9. The van der Waals surface area contributed by atoms with Gasteiger partial charge in [0.2, 0.25) is 5.82 Å². The summed E-state index contributed by atoms with van der Waals surface area (Å²) in [6.45, 7) is 0.182. The Labute approximate surface area is 164 Å². The number of ether oxygens (including phenoxy) is 1. The van der Waals surface area contributed by atoms with Crippen molar-refractivity contribution in [3.63, 3.8) is 0 Å². The van der Waals surface area contributed by atoms with E-state index in [1.54, 1.807) is 12.1 Å². The molecule has 0 heterocycles. The van der Waals surface area contributed by atoms with E-state index in [0.29, 0.717) is 5.56 Å². The summed E-state index contributed by atoms with van der Waals surface area (Å²) in [5.74, 6) is -1.97. The minimum absolute atomic E-state index is 0.0928. The van der Waals surface area contributed by atoms with Gasteiger partial charge in [0.25, 0.3) is 0 Å². The maximum Gasteiger partial charge on any atom is 0.201 e. The molecule has 1 nitrogen and oxygen atoms in total. The third kappa shape index (κ3) is 3.71. The quantitative estimate of drug-likeness (QED) is 0.338. The molecule has 0 amide bonds. The highest BCUT2D eigenvalue weighted by molar-refractivity contribution is 9.10. The Balaban J connectivity index is 1.64. The van der Waals surface area contributed by atoms with Crippen LogP contribution in [-0.2, 0) is 6.61 Å².